The van der Waals surface area contributed by atoms with Gasteiger partial charge >= 0.3 is 0 Å². The van der Waals surface area contributed by atoms with Gasteiger partial charge in [-0.05, 0) is 36.8 Å². The number of halogens is 1. The Morgan fingerprint density at radius 2 is 2.21 bits per heavy atom. The molecule has 0 unspecified atom stereocenters. The zero-order chi connectivity index (χ0) is 13.8. The predicted molar refractivity (Wildman–Crippen MR) is 86.3 cm³/mol. The molecule has 0 amide bonds. The van der Waals surface area contributed by atoms with E-state index >= 15 is 0 Å². The van der Waals surface area contributed by atoms with Crippen molar-refractivity contribution < 1.29 is 0 Å². The molecule has 0 saturated heterocycles. The van der Waals surface area contributed by atoms with Crippen LogP contribution in [0.5, 0.6) is 0 Å². The third-order valence-electron chi connectivity index (χ3n) is 2.81. The van der Waals surface area contributed by atoms with Gasteiger partial charge in [0.1, 0.15) is 4.99 Å². The van der Waals surface area contributed by atoms with Crippen LogP contribution in [0.3, 0.4) is 0 Å². The van der Waals surface area contributed by atoms with Gasteiger partial charge in [-0.15, -0.1) is 0 Å². The number of hydrogen-bond acceptors (Lipinski definition) is 3. The van der Waals surface area contributed by atoms with Crippen LogP contribution in [0.2, 0.25) is 0 Å². The molecule has 1 heterocycles. The summed E-state index contributed by atoms with van der Waals surface area (Å²) in [6, 6.07) is 9.76. The summed E-state index contributed by atoms with van der Waals surface area (Å²) < 4.78 is 0.979. The molecule has 0 radical (unpaired) electrons. The highest BCUT2D eigenvalue weighted by Gasteiger charge is 2.06. The number of nitrogens with zero attached hydrogens (tertiary/aromatic N) is 1. The number of benzene rings is 1. The van der Waals surface area contributed by atoms with Crippen LogP contribution < -0.4 is 11.1 Å². The molecule has 2 rings (SSSR count). The lowest BCUT2D eigenvalue weighted by Gasteiger charge is -2.12. The molecular formula is C14H14BrN3S. The zero-order valence-electron chi connectivity index (χ0n) is 10.5. The normalized spacial score (nSPS) is 10.2. The predicted octanol–water partition coefficient (Wildman–Crippen LogP) is 3.40. The minimum Gasteiger partial charge on any atom is -0.389 e. The van der Waals surface area contributed by atoms with E-state index in [0.29, 0.717) is 11.5 Å². The minimum atomic E-state index is 0.382. The van der Waals surface area contributed by atoms with Crippen molar-refractivity contribution in [1.82, 2.24) is 4.98 Å². The van der Waals surface area contributed by atoms with Gasteiger partial charge in [-0.2, -0.15) is 0 Å². The van der Waals surface area contributed by atoms with Crippen molar-refractivity contribution in [3.8, 4) is 0 Å². The number of pyridine rings is 1. The maximum absolute atomic E-state index is 5.72. The maximum atomic E-state index is 5.72. The van der Waals surface area contributed by atoms with Crippen molar-refractivity contribution in [2.45, 2.75) is 13.5 Å². The quantitative estimate of drug-likeness (QED) is 0.841. The van der Waals surface area contributed by atoms with E-state index in [1.54, 1.807) is 6.20 Å². The number of hydrogen-bond donors (Lipinski definition) is 2. The minimum absolute atomic E-state index is 0.382. The fourth-order valence-electron chi connectivity index (χ4n) is 1.76. The summed E-state index contributed by atoms with van der Waals surface area (Å²) in [6.07, 6.45) is 1.79. The molecule has 1 aromatic heterocycles. The number of thiocarbonyl (C=S) groups is 1. The van der Waals surface area contributed by atoms with Crippen molar-refractivity contribution in [3.05, 3.63) is 57.8 Å². The molecule has 0 aliphatic heterocycles. The first-order valence-electron chi connectivity index (χ1n) is 5.81. The zero-order valence-corrected chi connectivity index (χ0v) is 12.9. The van der Waals surface area contributed by atoms with E-state index in [9.17, 15) is 0 Å². The first kappa shape index (κ1) is 14.0. The molecule has 5 heteroatoms. The summed E-state index contributed by atoms with van der Waals surface area (Å²) in [7, 11) is 0. The summed E-state index contributed by atoms with van der Waals surface area (Å²) in [4.78, 5) is 4.73. The smallest absolute Gasteiger partial charge is 0.106 e. The molecule has 0 fully saturated rings. The number of aryl methyl sites for hydroxylation is 1. The molecule has 0 aliphatic carbocycles. The van der Waals surface area contributed by atoms with Crippen LogP contribution in [-0.2, 0) is 6.54 Å². The Labute approximate surface area is 126 Å². The maximum Gasteiger partial charge on any atom is 0.106 e. The molecule has 98 valence electrons. The lowest BCUT2D eigenvalue weighted by Crippen LogP contribution is -2.13. The van der Waals surface area contributed by atoms with E-state index in [0.717, 1.165) is 27.0 Å². The molecule has 0 aliphatic rings. The average Bonchev–Trinajstić information content (AvgIpc) is 2.37. The number of nitrogens with one attached hydrogen (secondary N) is 1. The van der Waals surface area contributed by atoms with E-state index in [1.807, 2.05) is 37.3 Å². The third kappa shape index (κ3) is 3.52. The molecule has 3 N–H and O–H groups in total. The van der Waals surface area contributed by atoms with Gasteiger partial charge in [0.2, 0.25) is 0 Å². The van der Waals surface area contributed by atoms with Crippen molar-refractivity contribution in [2.24, 2.45) is 5.73 Å². The molecule has 0 spiro atoms. The molecule has 0 saturated carbocycles. The third-order valence-corrected chi connectivity index (χ3v) is 3.52. The molecule has 0 bridgehead atoms. The number of nitrogens with two attached hydrogens (primary N) is 1. The molecule has 3 nitrogen and oxygen atoms in total. The van der Waals surface area contributed by atoms with Gasteiger partial charge in [-0.25, -0.2) is 0 Å². The summed E-state index contributed by atoms with van der Waals surface area (Å²) in [5.41, 5.74) is 9.64. The van der Waals surface area contributed by atoms with Gasteiger partial charge < -0.3 is 11.1 Å². The Hall–Kier alpha value is -1.46. The van der Waals surface area contributed by atoms with E-state index in [1.165, 1.54) is 0 Å². The van der Waals surface area contributed by atoms with Gasteiger partial charge in [0.25, 0.3) is 0 Å². The van der Waals surface area contributed by atoms with E-state index in [2.05, 4.69) is 26.2 Å². The molecule has 0 atom stereocenters. The van der Waals surface area contributed by atoms with E-state index in [4.69, 9.17) is 18.0 Å². The summed E-state index contributed by atoms with van der Waals surface area (Å²) >= 11 is 8.50. The van der Waals surface area contributed by atoms with Gasteiger partial charge in [0, 0.05) is 21.9 Å². The monoisotopic (exact) mass is 335 g/mol. The Kier molecular flexibility index (Phi) is 4.50. The van der Waals surface area contributed by atoms with Gasteiger partial charge in [-0.1, -0.05) is 34.2 Å². The highest BCUT2D eigenvalue weighted by atomic mass is 79.9. The fourth-order valence-corrected chi connectivity index (χ4v) is 2.30. The van der Waals surface area contributed by atoms with Gasteiger partial charge in [-0.3, -0.25) is 4.98 Å². The van der Waals surface area contributed by atoms with Gasteiger partial charge in [0.15, 0.2) is 0 Å². The largest absolute Gasteiger partial charge is 0.389 e. The average molecular weight is 336 g/mol. The Balaban J connectivity index is 2.22. The highest BCUT2D eigenvalue weighted by Crippen LogP contribution is 2.22. The Morgan fingerprint density at radius 3 is 2.89 bits per heavy atom. The second-order valence-electron chi connectivity index (χ2n) is 4.17. The highest BCUT2D eigenvalue weighted by molar-refractivity contribution is 9.10. The van der Waals surface area contributed by atoms with Crippen molar-refractivity contribution >= 4 is 38.8 Å². The van der Waals surface area contributed by atoms with Crippen molar-refractivity contribution in [2.75, 3.05) is 5.32 Å². The first-order valence-corrected chi connectivity index (χ1v) is 7.02. The van der Waals surface area contributed by atoms with Gasteiger partial charge in [0.05, 0.1) is 12.2 Å². The van der Waals surface area contributed by atoms with Crippen LogP contribution in [-0.4, -0.2) is 9.97 Å². The lowest BCUT2D eigenvalue weighted by molar-refractivity contribution is 1.02. The number of anilines is 1. The first-order chi connectivity index (χ1) is 9.08. The summed E-state index contributed by atoms with van der Waals surface area (Å²) in [5.74, 6) is 0. The number of rotatable bonds is 4. The van der Waals surface area contributed by atoms with Crippen LogP contribution >= 0.6 is 28.1 Å². The van der Waals surface area contributed by atoms with Crippen LogP contribution in [0.4, 0.5) is 5.69 Å². The Bertz CT molecular complexity index is 613. The van der Waals surface area contributed by atoms with Crippen LogP contribution in [0.25, 0.3) is 0 Å². The van der Waals surface area contributed by atoms with E-state index in [-0.39, 0.29) is 0 Å². The molecular weight excluding hydrogens is 322 g/mol. The SMILES string of the molecule is Cc1cccnc1CNc1cc(Br)ccc1C(N)=S. The fraction of sp³-hybridized carbons (Fsp3) is 0.143. The van der Waals surface area contributed by atoms with Crippen molar-refractivity contribution in [3.63, 3.8) is 0 Å². The molecule has 19 heavy (non-hydrogen) atoms. The second kappa shape index (κ2) is 6.12. The van der Waals surface area contributed by atoms with Crippen LogP contribution in [0.15, 0.2) is 41.0 Å². The lowest BCUT2D eigenvalue weighted by atomic mass is 10.1. The summed E-state index contributed by atoms with van der Waals surface area (Å²) in [6.45, 7) is 2.68. The van der Waals surface area contributed by atoms with Crippen molar-refractivity contribution in [1.29, 1.82) is 0 Å². The van der Waals surface area contributed by atoms with E-state index < -0.39 is 0 Å². The van der Waals surface area contributed by atoms with Crippen LogP contribution in [0, 0.1) is 6.92 Å². The molecule has 2 aromatic rings. The van der Waals surface area contributed by atoms with Crippen LogP contribution in [0.1, 0.15) is 16.8 Å². The Morgan fingerprint density at radius 1 is 1.42 bits per heavy atom. The topological polar surface area (TPSA) is 50.9 Å². The molecule has 1 aromatic carbocycles. The summed E-state index contributed by atoms with van der Waals surface area (Å²) in [5, 5.41) is 3.33. The standard InChI is InChI=1S/C14H14BrN3S/c1-9-3-2-6-17-13(9)8-18-12-7-10(15)4-5-11(12)14(16)19/h2-7,18H,8H2,1H3,(H2,16,19). The number of aromatic nitrogens is 1. The second-order valence-corrected chi connectivity index (χ2v) is 5.53.